The lowest BCUT2D eigenvalue weighted by Crippen LogP contribution is -2.24. The van der Waals surface area contributed by atoms with Gasteiger partial charge >= 0.3 is 0 Å². The summed E-state index contributed by atoms with van der Waals surface area (Å²) < 4.78 is 27.3. The third kappa shape index (κ3) is 4.02. The smallest absolute Gasteiger partial charge is 0.246 e. The first-order chi connectivity index (χ1) is 11.5. The number of carbonyl (C=O) groups is 1. The van der Waals surface area contributed by atoms with E-state index < -0.39 is 10.0 Å². The lowest BCUT2D eigenvalue weighted by molar-refractivity contribution is -0.116. The molecule has 25 heavy (non-hydrogen) atoms. The molecule has 1 N–H and O–H groups in total. The highest BCUT2D eigenvalue weighted by molar-refractivity contribution is 7.89. The number of nitrogens with one attached hydrogen (secondary N) is 1. The van der Waals surface area contributed by atoms with Crippen molar-refractivity contribution in [1.82, 2.24) is 14.1 Å². The normalized spacial score (nSPS) is 11.8. The Balaban J connectivity index is 2.23. The standard InChI is InChI=1S/C16H21ClN4O3S/c1-10-6-7-13(8-14(10)17)18-15(22)9-21-12(3)16(11(2)19-21)25(23,24)20(4)5/h6-8H,9H2,1-5H3,(H,18,22). The summed E-state index contributed by atoms with van der Waals surface area (Å²) in [6.07, 6.45) is 0. The molecule has 136 valence electrons. The number of amides is 1. The molecule has 2 rings (SSSR count). The van der Waals surface area contributed by atoms with Crippen LogP contribution in [0.3, 0.4) is 0 Å². The molecule has 0 saturated carbocycles. The van der Waals surface area contributed by atoms with Crippen molar-refractivity contribution in [2.45, 2.75) is 32.2 Å². The first-order valence-electron chi connectivity index (χ1n) is 7.56. The van der Waals surface area contributed by atoms with Gasteiger partial charge in [0.1, 0.15) is 11.4 Å². The van der Waals surface area contributed by atoms with Gasteiger partial charge in [-0.3, -0.25) is 9.48 Å². The van der Waals surface area contributed by atoms with E-state index in [0.29, 0.717) is 22.1 Å². The fraction of sp³-hybridized carbons (Fsp3) is 0.375. The van der Waals surface area contributed by atoms with E-state index in [1.807, 2.05) is 13.0 Å². The maximum atomic E-state index is 12.4. The number of nitrogens with zero attached hydrogens (tertiary/aromatic N) is 3. The molecule has 0 bridgehead atoms. The van der Waals surface area contributed by atoms with Crippen molar-refractivity contribution in [3.8, 4) is 0 Å². The largest absolute Gasteiger partial charge is 0.324 e. The molecule has 0 fully saturated rings. The number of anilines is 1. The van der Waals surface area contributed by atoms with Crippen molar-refractivity contribution < 1.29 is 13.2 Å². The Morgan fingerprint density at radius 1 is 1.28 bits per heavy atom. The van der Waals surface area contributed by atoms with Crippen molar-refractivity contribution in [2.24, 2.45) is 0 Å². The number of halogens is 1. The topological polar surface area (TPSA) is 84.3 Å². The molecule has 0 aliphatic heterocycles. The molecule has 0 saturated heterocycles. The van der Waals surface area contributed by atoms with Crippen LogP contribution in [0.2, 0.25) is 5.02 Å². The minimum Gasteiger partial charge on any atom is -0.324 e. The third-order valence-electron chi connectivity index (χ3n) is 3.80. The molecule has 2 aromatic rings. The van der Waals surface area contributed by atoms with Gasteiger partial charge in [0.2, 0.25) is 15.9 Å². The van der Waals surface area contributed by atoms with Gasteiger partial charge < -0.3 is 5.32 Å². The van der Waals surface area contributed by atoms with Crippen molar-refractivity contribution in [2.75, 3.05) is 19.4 Å². The molecular formula is C16H21ClN4O3S. The highest BCUT2D eigenvalue weighted by atomic mass is 35.5. The Labute approximate surface area is 152 Å². The zero-order valence-corrected chi connectivity index (χ0v) is 16.4. The van der Waals surface area contributed by atoms with Crippen molar-refractivity contribution in [1.29, 1.82) is 0 Å². The van der Waals surface area contributed by atoms with Gasteiger partial charge in [-0.2, -0.15) is 5.10 Å². The van der Waals surface area contributed by atoms with E-state index in [2.05, 4.69) is 10.4 Å². The van der Waals surface area contributed by atoms with Gasteiger partial charge in [0, 0.05) is 24.8 Å². The Morgan fingerprint density at radius 2 is 1.92 bits per heavy atom. The van der Waals surface area contributed by atoms with Crippen LogP contribution in [0.5, 0.6) is 0 Å². The van der Waals surface area contributed by atoms with Gasteiger partial charge in [0.05, 0.1) is 11.4 Å². The SMILES string of the molecule is Cc1ccc(NC(=O)Cn2nc(C)c(S(=O)(=O)N(C)C)c2C)cc1Cl. The van der Waals surface area contributed by atoms with Gasteiger partial charge in [-0.25, -0.2) is 12.7 Å². The predicted octanol–water partition coefficient (Wildman–Crippen LogP) is 2.35. The van der Waals surface area contributed by atoms with E-state index in [4.69, 9.17) is 11.6 Å². The molecule has 0 spiro atoms. The molecule has 0 aliphatic carbocycles. The first-order valence-corrected chi connectivity index (χ1v) is 9.38. The zero-order valence-electron chi connectivity index (χ0n) is 14.8. The summed E-state index contributed by atoms with van der Waals surface area (Å²) in [5, 5.41) is 7.49. The Morgan fingerprint density at radius 3 is 2.48 bits per heavy atom. The Hall–Kier alpha value is -1.90. The van der Waals surface area contributed by atoms with Gasteiger partial charge in [-0.15, -0.1) is 0 Å². The van der Waals surface area contributed by atoms with E-state index in [1.165, 1.54) is 18.8 Å². The van der Waals surface area contributed by atoms with Gasteiger partial charge in [-0.1, -0.05) is 17.7 Å². The van der Waals surface area contributed by atoms with Crippen LogP contribution < -0.4 is 5.32 Å². The lowest BCUT2D eigenvalue weighted by Gasteiger charge is -2.12. The number of sulfonamides is 1. The van der Waals surface area contributed by atoms with Crippen molar-refractivity contribution >= 4 is 33.2 Å². The Bertz CT molecular complexity index is 920. The van der Waals surface area contributed by atoms with Crippen LogP contribution in [0.4, 0.5) is 5.69 Å². The van der Waals surface area contributed by atoms with Crippen molar-refractivity contribution in [3.05, 3.63) is 40.2 Å². The molecule has 1 aromatic carbocycles. The third-order valence-corrected chi connectivity index (χ3v) is 6.28. The number of aromatic nitrogens is 2. The molecule has 9 heteroatoms. The zero-order chi connectivity index (χ0) is 18.9. The summed E-state index contributed by atoms with van der Waals surface area (Å²) in [5.74, 6) is -0.320. The van der Waals surface area contributed by atoms with Crippen LogP contribution in [0.25, 0.3) is 0 Å². The van der Waals surface area contributed by atoms with Crippen LogP contribution in [0.15, 0.2) is 23.1 Å². The average molecular weight is 385 g/mol. The summed E-state index contributed by atoms with van der Waals surface area (Å²) in [6, 6.07) is 5.23. The van der Waals surface area contributed by atoms with E-state index in [9.17, 15) is 13.2 Å². The number of benzene rings is 1. The maximum absolute atomic E-state index is 12.4. The number of hydrogen-bond donors (Lipinski definition) is 1. The van der Waals surface area contributed by atoms with Gasteiger partial charge in [0.25, 0.3) is 0 Å². The quantitative estimate of drug-likeness (QED) is 0.857. The van der Waals surface area contributed by atoms with Crippen LogP contribution in [0, 0.1) is 20.8 Å². The second kappa shape index (κ2) is 7.15. The van der Waals surface area contributed by atoms with E-state index in [0.717, 1.165) is 9.87 Å². The van der Waals surface area contributed by atoms with Crippen LogP contribution in [-0.2, 0) is 21.4 Å². The van der Waals surface area contributed by atoms with Crippen LogP contribution in [0.1, 0.15) is 17.0 Å². The summed E-state index contributed by atoms with van der Waals surface area (Å²) in [5.41, 5.74) is 2.26. The van der Waals surface area contributed by atoms with Gasteiger partial charge in [-0.05, 0) is 38.5 Å². The van der Waals surface area contributed by atoms with Crippen LogP contribution in [-0.4, -0.2) is 42.5 Å². The van der Waals surface area contributed by atoms with Gasteiger partial charge in [0.15, 0.2) is 0 Å². The highest BCUT2D eigenvalue weighted by Crippen LogP contribution is 2.23. The molecular weight excluding hydrogens is 364 g/mol. The molecule has 0 aliphatic rings. The number of rotatable bonds is 5. The second-order valence-corrected chi connectivity index (χ2v) is 8.45. The fourth-order valence-corrected chi connectivity index (χ4v) is 3.84. The first kappa shape index (κ1) is 19.4. The molecule has 1 aromatic heterocycles. The predicted molar refractivity (Wildman–Crippen MR) is 97.4 cm³/mol. The minimum absolute atomic E-state index is 0.0961. The second-order valence-electron chi connectivity index (χ2n) is 5.96. The molecule has 1 heterocycles. The summed E-state index contributed by atoms with van der Waals surface area (Å²) in [6.45, 7) is 5.02. The molecule has 0 atom stereocenters. The number of aryl methyl sites for hydroxylation is 2. The number of hydrogen-bond acceptors (Lipinski definition) is 4. The summed E-state index contributed by atoms with van der Waals surface area (Å²) >= 11 is 6.05. The average Bonchev–Trinajstić information content (AvgIpc) is 2.77. The summed E-state index contributed by atoms with van der Waals surface area (Å²) in [4.78, 5) is 12.4. The minimum atomic E-state index is -3.62. The molecule has 0 unspecified atom stereocenters. The van der Waals surface area contributed by atoms with E-state index >= 15 is 0 Å². The molecule has 1 amide bonds. The highest BCUT2D eigenvalue weighted by Gasteiger charge is 2.27. The summed E-state index contributed by atoms with van der Waals surface area (Å²) in [7, 11) is -0.706. The van der Waals surface area contributed by atoms with E-state index in [1.54, 1.807) is 26.0 Å². The Kier molecular flexibility index (Phi) is 5.55. The van der Waals surface area contributed by atoms with E-state index in [-0.39, 0.29) is 17.3 Å². The maximum Gasteiger partial charge on any atom is 0.246 e. The van der Waals surface area contributed by atoms with Crippen molar-refractivity contribution in [3.63, 3.8) is 0 Å². The monoisotopic (exact) mass is 384 g/mol. The number of carbonyl (C=O) groups excluding carboxylic acids is 1. The lowest BCUT2D eigenvalue weighted by atomic mass is 10.2. The fourth-order valence-electron chi connectivity index (χ4n) is 2.40. The van der Waals surface area contributed by atoms with Crippen LogP contribution >= 0.6 is 11.6 Å². The molecule has 7 nitrogen and oxygen atoms in total. The molecule has 0 radical (unpaired) electrons.